The fourth-order valence-electron chi connectivity index (χ4n) is 3.37. The van der Waals surface area contributed by atoms with E-state index in [9.17, 15) is 8.42 Å². The number of rotatable bonds is 4. The van der Waals surface area contributed by atoms with Crippen molar-refractivity contribution in [1.82, 2.24) is 14.4 Å². The monoisotopic (exact) mass is 461 g/mol. The van der Waals surface area contributed by atoms with Gasteiger partial charge in [0.2, 0.25) is 21.7 Å². The van der Waals surface area contributed by atoms with Crippen LogP contribution in [0.4, 0.5) is 0 Å². The Morgan fingerprint density at radius 1 is 1.18 bits per heavy atom. The van der Waals surface area contributed by atoms with Crippen molar-refractivity contribution < 1.29 is 12.9 Å². The van der Waals surface area contributed by atoms with Crippen molar-refractivity contribution in [1.29, 1.82) is 0 Å². The van der Waals surface area contributed by atoms with Gasteiger partial charge in [-0.1, -0.05) is 50.9 Å². The first-order valence-electron chi connectivity index (χ1n) is 9.10. The molecule has 0 saturated carbocycles. The average Bonchev–Trinajstić information content (AvgIpc) is 3.19. The van der Waals surface area contributed by atoms with Gasteiger partial charge in [0.25, 0.3) is 0 Å². The number of piperidine rings is 1. The second kappa shape index (κ2) is 7.77. The van der Waals surface area contributed by atoms with E-state index in [1.807, 2.05) is 43.3 Å². The number of aryl methyl sites for hydroxylation is 1. The first-order chi connectivity index (χ1) is 13.4. The predicted octanol–water partition coefficient (Wildman–Crippen LogP) is 4.38. The normalized spacial score (nSPS) is 18.3. The molecule has 1 aromatic heterocycles. The largest absolute Gasteiger partial charge is 0.339 e. The summed E-state index contributed by atoms with van der Waals surface area (Å²) in [5.74, 6) is 0.885. The number of halogens is 1. The molecular weight excluding hydrogens is 442 g/mol. The predicted molar refractivity (Wildman–Crippen MR) is 109 cm³/mol. The number of benzene rings is 2. The standard InChI is InChI=1S/C20H20BrN3O3S/c1-14-7-9-18(10-8-14)28(25,26)24-11-3-5-16(13-24)20-22-19(23-27-20)15-4-2-6-17(21)12-15/h2,4,6-10,12,16H,3,5,11,13H2,1H3. The van der Waals surface area contributed by atoms with Gasteiger partial charge in [0.05, 0.1) is 10.8 Å². The first kappa shape index (κ1) is 19.3. The lowest BCUT2D eigenvalue weighted by atomic mass is 10.00. The van der Waals surface area contributed by atoms with Gasteiger partial charge in [0.1, 0.15) is 0 Å². The van der Waals surface area contributed by atoms with E-state index >= 15 is 0 Å². The zero-order chi connectivity index (χ0) is 19.7. The van der Waals surface area contributed by atoms with E-state index in [4.69, 9.17) is 4.52 Å². The Morgan fingerprint density at radius 3 is 2.71 bits per heavy atom. The molecule has 8 heteroatoms. The van der Waals surface area contributed by atoms with E-state index in [2.05, 4.69) is 26.1 Å². The Hall–Kier alpha value is -2.03. The smallest absolute Gasteiger partial charge is 0.243 e. The van der Waals surface area contributed by atoms with Crippen LogP contribution in [0.2, 0.25) is 0 Å². The van der Waals surface area contributed by atoms with Gasteiger partial charge < -0.3 is 4.52 Å². The zero-order valence-electron chi connectivity index (χ0n) is 15.4. The minimum absolute atomic E-state index is 0.109. The van der Waals surface area contributed by atoms with Gasteiger partial charge in [-0.05, 0) is 44.0 Å². The Morgan fingerprint density at radius 2 is 1.96 bits per heavy atom. The van der Waals surface area contributed by atoms with Crippen molar-refractivity contribution >= 4 is 26.0 Å². The van der Waals surface area contributed by atoms with Gasteiger partial charge in [-0.25, -0.2) is 8.42 Å². The van der Waals surface area contributed by atoms with Crippen LogP contribution >= 0.6 is 15.9 Å². The summed E-state index contributed by atoms with van der Waals surface area (Å²) in [5.41, 5.74) is 1.88. The Kier molecular flexibility index (Phi) is 5.35. The highest BCUT2D eigenvalue weighted by Crippen LogP contribution is 2.31. The molecule has 0 radical (unpaired) electrons. The maximum atomic E-state index is 13.0. The van der Waals surface area contributed by atoms with Crippen molar-refractivity contribution in [2.75, 3.05) is 13.1 Å². The minimum Gasteiger partial charge on any atom is -0.339 e. The summed E-state index contributed by atoms with van der Waals surface area (Å²) in [6.07, 6.45) is 1.57. The van der Waals surface area contributed by atoms with Gasteiger partial charge in [-0.15, -0.1) is 0 Å². The van der Waals surface area contributed by atoms with Crippen molar-refractivity contribution in [3.63, 3.8) is 0 Å². The van der Waals surface area contributed by atoms with Crippen LogP contribution in [0.3, 0.4) is 0 Å². The van der Waals surface area contributed by atoms with Crippen LogP contribution in [0.5, 0.6) is 0 Å². The third kappa shape index (κ3) is 3.90. The lowest BCUT2D eigenvalue weighted by molar-refractivity contribution is 0.265. The van der Waals surface area contributed by atoms with Gasteiger partial charge in [-0.3, -0.25) is 0 Å². The zero-order valence-corrected chi connectivity index (χ0v) is 17.8. The van der Waals surface area contributed by atoms with E-state index in [1.165, 1.54) is 4.31 Å². The molecule has 28 heavy (non-hydrogen) atoms. The fourth-order valence-corrected chi connectivity index (χ4v) is 5.29. The molecule has 6 nitrogen and oxygen atoms in total. The third-order valence-corrected chi connectivity index (χ3v) is 7.29. The molecule has 1 aliphatic heterocycles. The fraction of sp³-hybridized carbons (Fsp3) is 0.300. The van der Waals surface area contributed by atoms with Gasteiger partial charge >= 0.3 is 0 Å². The van der Waals surface area contributed by atoms with Crippen LogP contribution in [0.25, 0.3) is 11.4 Å². The van der Waals surface area contributed by atoms with Gasteiger partial charge in [0.15, 0.2) is 0 Å². The molecule has 146 valence electrons. The van der Waals surface area contributed by atoms with E-state index in [0.717, 1.165) is 28.4 Å². The van der Waals surface area contributed by atoms with Crippen molar-refractivity contribution in [3.8, 4) is 11.4 Å². The molecule has 2 heterocycles. The van der Waals surface area contributed by atoms with Gasteiger partial charge in [0, 0.05) is 23.1 Å². The summed E-state index contributed by atoms with van der Waals surface area (Å²) < 4.78 is 33.9. The molecule has 0 N–H and O–H groups in total. The topological polar surface area (TPSA) is 76.3 Å². The number of hydrogen-bond acceptors (Lipinski definition) is 5. The maximum absolute atomic E-state index is 13.0. The lowest BCUT2D eigenvalue weighted by Crippen LogP contribution is -2.39. The van der Waals surface area contributed by atoms with Crippen LogP contribution in [0, 0.1) is 6.92 Å². The summed E-state index contributed by atoms with van der Waals surface area (Å²) in [4.78, 5) is 4.84. The molecule has 1 aliphatic rings. The lowest BCUT2D eigenvalue weighted by Gasteiger charge is -2.30. The van der Waals surface area contributed by atoms with E-state index in [0.29, 0.717) is 29.7 Å². The molecule has 0 amide bonds. The highest BCUT2D eigenvalue weighted by atomic mass is 79.9. The van der Waals surface area contributed by atoms with Crippen molar-refractivity contribution in [2.45, 2.75) is 30.6 Å². The van der Waals surface area contributed by atoms with Crippen LogP contribution in [0.15, 0.2) is 62.4 Å². The molecule has 1 atom stereocenters. The first-order valence-corrected chi connectivity index (χ1v) is 11.3. The second-order valence-electron chi connectivity index (χ2n) is 6.98. The van der Waals surface area contributed by atoms with Crippen LogP contribution in [0.1, 0.15) is 30.2 Å². The maximum Gasteiger partial charge on any atom is 0.243 e. The molecule has 1 unspecified atom stereocenters. The van der Waals surface area contributed by atoms with Crippen molar-refractivity contribution in [3.05, 3.63) is 64.5 Å². The molecule has 0 spiro atoms. The van der Waals surface area contributed by atoms with Crippen LogP contribution in [-0.2, 0) is 10.0 Å². The molecule has 2 aromatic carbocycles. The summed E-state index contributed by atoms with van der Waals surface area (Å²) in [7, 11) is -3.53. The number of sulfonamides is 1. The van der Waals surface area contributed by atoms with Crippen LogP contribution in [-0.4, -0.2) is 36.0 Å². The Labute approximate surface area is 172 Å². The molecule has 0 bridgehead atoms. The quantitative estimate of drug-likeness (QED) is 0.576. The number of aromatic nitrogens is 2. The molecule has 0 aliphatic carbocycles. The average molecular weight is 462 g/mol. The number of hydrogen-bond donors (Lipinski definition) is 0. The third-order valence-electron chi connectivity index (χ3n) is 4.92. The summed E-state index contributed by atoms with van der Waals surface area (Å²) in [6, 6.07) is 14.6. The summed E-state index contributed by atoms with van der Waals surface area (Å²) >= 11 is 3.44. The van der Waals surface area contributed by atoms with Gasteiger partial charge in [-0.2, -0.15) is 9.29 Å². The molecular formula is C20H20BrN3O3S. The highest BCUT2D eigenvalue weighted by Gasteiger charge is 2.33. The SMILES string of the molecule is Cc1ccc(S(=O)(=O)N2CCCC(c3nc(-c4cccc(Br)c4)no3)C2)cc1. The Bertz CT molecular complexity index is 1080. The minimum atomic E-state index is -3.53. The van der Waals surface area contributed by atoms with E-state index in [1.54, 1.807) is 12.1 Å². The van der Waals surface area contributed by atoms with E-state index in [-0.39, 0.29) is 5.92 Å². The van der Waals surface area contributed by atoms with Crippen LogP contribution < -0.4 is 0 Å². The molecule has 1 fully saturated rings. The molecule has 3 aromatic rings. The molecule has 4 rings (SSSR count). The summed E-state index contributed by atoms with van der Waals surface area (Å²) in [5, 5.41) is 4.08. The van der Waals surface area contributed by atoms with E-state index < -0.39 is 10.0 Å². The second-order valence-corrected chi connectivity index (χ2v) is 9.84. The summed E-state index contributed by atoms with van der Waals surface area (Å²) in [6.45, 7) is 2.78. The number of nitrogens with zero attached hydrogens (tertiary/aromatic N) is 3. The molecule has 1 saturated heterocycles. The van der Waals surface area contributed by atoms with Crippen molar-refractivity contribution in [2.24, 2.45) is 0 Å². The Balaban J connectivity index is 1.55. The highest BCUT2D eigenvalue weighted by molar-refractivity contribution is 9.10.